The van der Waals surface area contributed by atoms with Gasteiger partial charge in [0.25, 0.3) is 0 Å². The number of phosphoric ester groups is 2. The smallest absolute Gasteiger partial charge is 0.462 e. The summed E-state index contributed by atoms with van der Waals surface area (Å²) in [4.78, 5) is 73.0. The molecule has 4 unspecified atom stereocenters. The number of carbonyl (C=O) groups excluding carboxylic acids is 4. The highest BCUT2D eigenvalue weighted by Crippen LogP contribution is 2.45. The lowest BCUT2D eigenvalue weighted by atomic mass is 9.99. The molecule has 0 radical (unpaired) electrons. The van der Waals surface area contributed by atoms with Gasteiger partial charge in [0.2, 0.25) is 0 Å². The Morgan fingerprint density at radius 2 is 0.596 bits per heavy atom. The van der Waals surface area contributed by atoms with Crippen LogP contribution in [-0.2, 0) is 65.4 Å². The van der Waals surface area contributed by atoms with Crippen molar-refractivity contribution in [1.29, 1.82) is 0 Å². The fourth-order valence-corrected chi connectivity index (χ4v) is 13.3. The van der Waals surface area contributed by atoms with Crippen LogP contribution in [0.5, 0.6) is 0 Å². The number of allylic oxidation sites excluding steroid dienone is 4. The minimum Gasteiger partial charge on any atom is -0.462 e. The number of rotatable bonds is 76. The summed E-state index contributed by atoms with van der Waals surface area (Å²) in [5.41, 5.74) is 0. The van der Waals surface area contributed by atoms with Crippen LogP contribution in [-0.4, -0.2) is 96.7 Å². The average molecular weight is 1450 g/mol. The molecule has 0 rings (SSSR count). The summed E-state index contributed by atoms with van der Waals surface area (Å²) >= 11 is 0. The van der Waals surface area contributed by atoms with Crippen LogP contribution in [0.4, 0.5) is 0 Å². The molecule has 3 N–H and O–H groups in total. The van der Waals surface area contributed by atoms with Crippen molar-refractivity contribution < 1.29 is 80.2 Å². The molecule has 0 aliphatic heterocycles. The van der Waals surface area contributed by atoms with Crippen molar-refractivity contribution in [3.63, 3.8) is 0 Å². The Labute approximate surface area is 605 Å². The number of hydrogen-bond acceptors (Lipinski definition) is 15. The number of unbranched alkanes of at least 4 members (excludes halogenated alkanes) is 39. The predicted octanol–water partition coefficient (Wildman–Crippen LogP) is 23.3. The zero-order valence-electron chi connectivity index (χ0n) is 64.4. The molecule has 7 atom stereocenters. The summed E-state index contributed by atoms with van der Waals surface area (Å²) in [5, 5.41) is 10.6. The Hall–Kier alpha value is -2.46. The maximum atomic E-state index is 13.1. The first-order chi connectivity index (χ1) is 47.8. The van der Waals surface area contributed by atoms with Crippen molar-refractivity contribution in [2.75, 3.05) is 39.6 Å². The van der Waals surface area contributed by atoms with E-state index in [0.29, 0.717) is 25.7 Å². The second kappa shape index (κ2) is 69.9. The molecule has 0 aromatic carbocycles. The van der Waals surface area contributed by atoms with Crippen LogP contribution in [0.3, 0.4) is 0 Å². The normalized spacial score (nSPS) is 14.7. The van der Waals surface area contributed by atoms with Crippen molar-refractivity contribution >= 4 is 39.5 Å². The lowest BCUT2D eigenvalue weighted by molar-refractivity contribution is -0.161. The number of aliphatic hydroxyl groups is 1. The maximum absolute atomic E-state index is 13.1. The van der Waals surface area contributed by atoms with Gasteiger partial charge in [-0.05, 0) is 69.1 Å². The summed E-state index contributed by atoms with van der Waals surface area (Å²) in [6.07, 6.45) is 60.4. The minimum absolute atomic E-state index is 0.0849. The van der Waals surface area contributed by atoms with E-state index >= 15 is 0 Å². The van der Waals surface area contributed by atoms with Gasteiger partial charge in [0, 0.05) is 25.7 Å². The van der Waals surface area contributed by atoms with Crippen LogP contribution in [0, 0.1) is 17.8 Å². The lowest BCUT2D eigenvalue weighted by Gasteiger charge is -2.21. The highest BCUT2D eigenvalue weighted by Gasteiger charge is 2.30. The third-order valence-corrected chi connectivity index (χ3v) is 20.6. The van der Waals surface area contributed by atoms with Crippen molar-refractivity contribution in [3.8, 4) is 0 Å². The predicted molar refractivity (Wildman–Crippen MR) is 404 cm³/mol. The Morgan fingerprint density at radius 1 is 0.333 bits per heavy atom. The van der Waals surface area contributed by atoms with Crippen LogP contribution in [0.25, 0.3) is 0 Å². The first-order valence-electron chi connectivity index (χ1n) is 40.7. The van der Waals surface area contributed by atoms with E-state index in [0.717, 1.165) is 127 Å². The highest BCUT2D eigenvalue weighted by atomic mass is 31.2. The molecule has 0 bridgehead atoms. The van der Waals surface area contributed by atoms with E-state index in [1.54, 1.807) is 0 Å². The molecule has 0 fully saturated rings. The third-order valence-electron chi connectivity index (χ3n) is 18.7. The summed E-state index contributed by atoms with van der Waals surface area (Å²) < 4.78 is 68.6. The molecule has 0 aromatic heterocycles. The molecule has 0 aliphatic carbocycles. The fraction of sp³-hybridized carbons (Fsp3) is 0.900. The minimum atomic E-state index is -4.97. The Balaban J connectivity index is 5.28. The number of esters is 4. The van der Waals surface area contributed by atoms with Gasteiger partial charge in [0.15, 0.2) is 12.2 Å². The largest absolute Gasteiger partial charge is 0.472 e. The van der Waals surface area contributed by atoms with E-state index in [1.165, 1.54) is 180 Å². The number of aliphatic hydroxyl groups excluding tert-OH is 1. The fourth-order valence-electron chi connectivity index (χ4n) is 11.7. The maximum Gasteiger partial charge on any atom is 0.472 e. The van der Waals surface area contributed by atoms with Crippen molar-refractivity contribution in [1.82, 2.24) is 0 Å². The number of carbonyl (C=O) groups is 4. The molecular weight excluding hydrogens is 1290 g/mol. The van der Waals surface area contributed by atoms with Gasteiger partial charge >= 0.3 is 39.5 Å². The van der Waals surface area contributed by atoms with Crippen molar-refractivity contribution in [2.24, 2.45) is 17.8 Å². The third kappa shape index (κ3) is 71.0. The molecule has 0 aromatic rings. The van der Waals surface area contributed by atoms with E-state index in [1.807, 2.05) is 0 Å². The van der Waals surface area contributed by atoms with Crippen molar-refractivity contribution in [2.45, 2.75) is 407 Å². The number of ether oxygens (including phenoxy) is 4. The first kappa shape index (κ1) is 96.5. The molecule has 0 amide bonds. The summed E-state index contributed by atoms with van der Waals surface area (Å²) in [5.74, 6) is 0.219. The number of hydrogen-bond donors (Lipinski definition) is 3. The van der Waals surface area contributed by atoms with E-state index < -0.39 is 97.5 Å². The molecule has 19 heteroatoms. The summed E-state index contributed by atoms with van der Waals surface area (Å²) in [6, 6.07) is 0. The average Bonchev–Trinajstić information content (AvgIpc) is 1.43. The van der Waals surface area contributed by atoms with E-state index in [9.17, 15) is 43.2 Å². The second-order valence-electron chi connectivity index (χ2n) is 29.1. The van der Waals surface area contributed by atoms with Gasteiger partial charge in [-0.2, -0.15) is 0 Å². The van der Waals surface area contributed by atoms with Crippen molar-refractivity contribution in [3.05, 3.63) is 24.3 Å². The van der Waals surface area contributed by atoms with Crippen LogP contribution in [0.15, 0.2) is 24.3 Å². The quantitative estimate of drug-likeness (QED) is 0.0169. The molecule has 0 saturated carbocycles. The van der Waals surface area contributed by atoms with Crippen LogP contribution in [0.1, 0.15) is 389 Å². The van der Waals surface area contributed by atoms with E-state index in [-0.39, 0.29) is 25.7 Å². The standard InChI is InChI=1S/C80H152O17P2/c1-8-11-12-13-14-15-16-17-18-24-30-35-40-49-56-63-79(84)96-75(67-90-77(82)61-54-47-39-34-29-26-21-22-27-32-37-44-51-58-71(4)5)69-94-98(86,87)92-65-74(81)66-93-99(88,89)95-70-76(68-91-78(83)62-55-48-43-42-46-53-60-73(7)10-3)97-80(85)64-57-50-41-36-31-25-20-19-23-28-33-38-45-52-59-72(6)9-2/h15-18,71-76,81H,8-14,19-70H2,1-7H3,(H,86,87)(H,88,89)/b16-15-,18-17-/t72?,73?,74-,75-,76-/m1/s1. The Kier molecular flexibility index (Phi) is 68.1. The van der Waals surface area contributed by atoms with Gasteiger partial charge in [-0.3, -0.25) is 37.3 Å². The summed E-state index contributed by atoms with van der Waals surface area (Å²) in [7, 11) is -9.93. The molecular formula is C80H152O17P2. The Bertz CT molecular complexity index is 2020. The zero-order chi connectivity index (χ0) is 73.0. The summed E-state index contributed by atoms with van der Waals surface area (Å²) in [6.45, 7) is 11.9. The second-order valence-corrected chi connectivity index (χ2v) is 32.0. The molecule has 0 spiro atoms. The molecule has 17 nitrogen and oxygen atoms in total. The van der Waals surface area contributed by atoms with Crippen LogP contribution >= 0.6 is 15.6 Å². The topological polar surface area (TPSA) is 237 Å². The van der Waals surface area contributed by atoms with E-state index in [2.05, 4.69) is 72.8 Å². The van der Waals surface area contributed by atoms with Gasteiger partial charge in [-0.25, -0.2) is 9.13 Å². The van der Waals surface area contributed by atoms with E-state index in [4.69, 9.17) is 37.0 Å². The lowest BCUT2D eigenvalue weighted by Crippen LogP contribution is -2.30. The van der Waals surface area contributed by atoms with Gasteiger partial charge in [-0.15, -0.1) is 0 Å². The Morgan fingerprint density at radius 3 is 0.899 bits per heavy atom. The molecule has 0 aliphatic rings. The van der Waals surface area contributed by atoms with Gasteiger partial charge in [0.1, 0.15) is 19.3 Å². The monoisotopic (exact) mass is 1450 g/mol. The van der Waals surface area contributed by atoms with Crippen LogP contribution < -0.4 is 0 Å². The molecule has 0 saturated heterocycles. The number of phosphoric acid groups is 2. The molecule has 99 heavy (non-hydrogen) atoms. The van der Waals surface area contributed by atoms with Gasteiger partial charge < -0.3 is 33.8 Å². The molecule has 584 valence electrons. The highest BCUT2D eigenvalue weighted by molar-refractivity contribution is 7.47. The molecule has 0 heterocycles. The van der Waals surface area contributed by atoms with Crippen LogP contribution in [0.2, 0.25) is 0 Å². The zero-order valence-corrected chi connectivity index (χ0v) is 66.2. The van der Waals surface area contributed by atoms with Gasteiger partial charge in [-0.1, -0.05) is 336 Å². The van der Waals surface area contributed by atoms with Gasteiger partial charge in [0.05, 0.1) is 26.4 Å². The first-order valence-corrected chi connectivity index (χ1v) is 43.7. The SMILES string of the molecule is CCCCCC/C=C\C=C/CCCCCCCC(=O)O[C@H](COC(=O)CCCCCCCCCCCCCCCC(C)C)COP(=O)(O)OC[C@@H](O)COP(=O)(O)OC[C@@H](COC(=O)CCCCCCCCC(C)CC)OC(=O)CCCCCCCCCCCCCCCCC(C)CC.